The lowest BCUT2D eigenvalue weighted by molar-refractivity contribution is -0.385. The zero-order valence-corrected chi connectivity index (χ0v) is 10.2. The van der Waals surface area contributed by atoms with Crippen molar-refractivity contribution in [1.29, 1.82) is 0 Å². The Morgan fingerprint density at radius 2 is 2.15 bits per heavy atom. The molecule has 0 aliphatic heterocycles. The van der Waals surface area contributed by atoms with Crippen molar-refractivity contribution < 1.29 is 19.6 Å². The number of rotatable bonds is 5. The molecule has 1 heterocycles. The molecule has 2 aromatic rings. The summed E-state index contributed by atoms with van der Waals surface area (Å²) in [5.74, 6) is -0.501. The van der Waals surface area contributed by atoms with E-state index >= 15 is 0 Å². The number of aliphatic carboxylic acids is 1. The van der Waals surface area contributed by atoms with Crippen molar-refractivity contribution in [3.05, 3.63) is 58.3 Å². The van der Waals surface area contributed by atoms with Crippen LogP contribution >= 0.6 is 0 Å². The molecule has 0 aliphatic carbocycles. The Kier molecular flexibility index (Phi) is 3.90. The molecule has 2 rings (SSSR count). The van der Waals surface area contributed by atoms with Crippen LogP contribution in [0, 0.1) is 10.1 Å². The maximum Gasteiger partial charge on any atom is 0.307 e. The highest BCUT2D eigenvalue weighted by Crippen LogP contribution is 2.23. The van der Waals surface area contributed by atoms with Crippen LogP contribution in [0.2, 0.25) is 0 Å². The second-order valence-electron chi connectivity index (χ2n) is 3.93. The van der Waals surface area contributed by atoms with Crippen molar-refractivity contribution in [2.75, 3.05) is 0 Å². The summed E-state index contributed by atoms with van der Waals surface area (Å²) in [6.07, 6.45) is 1.15. The molecule has 0 saturated heterocycles. The van der Waals surface area contributed by atoms with Crippen LogP contribution in [0.5, 0.6) is 11.6 Å². The minimum absolute atomic E-state index is 0.0756. The largest absolute Gasteiger partial charge is 0.481 e. The van der Waals surface area contributed by atoms with Crippen molar-refractivity contribution in [3.63, 3.8) is 0 Å². The number of carbonyl (C=O) groups is 1. The summed E-state index contributed by atoms with van der Waals surface area (Å²) in [5.41, 5.74) is 0.442. The monoisotopic (exact) mass is 274 g/mol. The Labute approximate surface area is 113 Å². The zero-order valence-electron chi connectivity index (χ0n) is 10.2. The summed E-state index contributed by atoms with van der Waals surface area (Å²) in [5, 5.41) is 19.4. The Balaban J connectivity index is 2.19. The predicted octanol–water partition coefficient (Wildman–Crippen LogP) is 2.41. The third-order valence-electron chi connectivity index (χ3n) is 2.41. The van der Waals surface area contributed by atoms with Gasteiger partial charge in [-0.15, -0.1) is 0 Å². The fourth-order valence-corrected chi connectivity index (χ4v) is 1.58. The van der Waals surface area contributed by atoms with Crippen molar-refractivity contribution >= 4 is 11.7 Å². The van der Waals surface area contributed by atoms with Crippen LogP contribution in [0.25, 0.3) is 0 Å². The van der Waals surface area contributed by atoms with Gasteiger partial charge in [0.1, 0.15) is 5.75 Å². The third-order valence-corrected chi connectivity index (χ3v) is 2.41. The lowest BCUT2D eigenvalue weighted by atomic mass is 10.1. The first-order valence-electron chi connectivity index (χ1n) is 5.63. The van der Waals surface area contributed by atoms with E-state index in [0.29, 0.717) is 11.3 Å². The molecule has 0 saturated carbocycles. The number of pyridine rings is 1. The molecule has 7 nitrogen and oxygen atoms in total. The van der Waals surface area contributed by atoms with Crippen LogP contribution in [0.3, 0.4) is 0 Å². The van der Waals surface area contributed by atoms with Gasteiger partial charge in [0.15, 0.2) is 0 Å². The normalized spacial score (nSPS) is 10.0. The molecule has 0 spiro atoms. The molecule has 7 heteroatoms. The number of ether oxygens (including phenoxy) is 1. The first kappa shape index (κ1) is 13.5. The van der Waals surface area contributed by atoms with Crippen LogP contribution in [-0.4, -0.2) is 21.0 Å². The molecule has 0 amide bonds. The first-order chi connectivity index (χ1) is 9.54. The number of nitrogens with zero attached hydrogens (tertiary/aromatic N) is 2. The molecule has 0 atom stereocenters. The van der Waals surface area contributed by atoms with Crippen LogP contribution in [0.1, 0.15) is 5.56 Å². The molecule has 0 fully saturated rings. The van der Waals surface area contributed by atoms with Crippen LogP contribution in [0.15, 0.2) is 42.6 Å². The average molecular weight is 274 g/mol. The maximum absolute atomic E-state index is 10.6. The van der Waals surface area contributed by atoms with E-state index < -0.39 is 10.9 Å². The molecule has 0 unspecified atom stereocenters. The Bertz CT molecular complexity index is 657. The number of hydrogen-bond donors (Lipinski definition) is 1. The lowest BCUT2D eigenvalue weighted by Gasteiger charge is -2.05. The van der Waals surface area contributed by atoms with Gasteiger partial charge in [-0.3, -0.25) is 14.9 Å². The summed E-state index contributed by atoms with van der Waals surface area (Å²) in [7, 11) is 0. The van der Waals surface area contributed by atoms with E-state index in [4.69, 9.17) is 9.84 Å². The van der Waals surface area contributed by atoms with Gasteiger partial charge in [-0.1, -0.05) is 12.1 Å². The summed E-state index contributed by atoms with van der Waals surface area (Å²) < 4.78 is 5.38. The fraction of sp³-hybridized carbons (Fsp3) is 0.0769. The van der Waals surface area contributed by atoms with Gasteiger partial charge >= 0.3 is 5.97 Å². The summed E-state index contributed by atoms with van der Waals surface area (Å²) in [6.45, 7) is 0. The van der Waals surface area contributed by atoms with Crippen molar-refractivity contribution in [2.45, 2.75) is 6.42 Å². The summed E-state index contributed by atoms with van der Waals surface area (Å²) in [4.78, 5) is 24.6. The van der Waals surface area contributed by atoms with Crippen LogP contribution < -0.4 is 4.74 Å². The van der Waals surface area contributed by atoms with Gasteiger partial charge in [0, 0.05) is 12.3 Å². The number of hydrogen-bond acceptors (Lipinski definition) is 5. The van der Waals surface area contributed by atoms with Crippen LogP contribution in [0.4, 0.5) is 5.69 Å². The minimum Gasteiger partial charge on any atom is -0.481 e. The van der Waals surface area contributed by atoms with E-state index in [9.17, 15) is 14.9 Å². The highest BCUT2D eigenvalue weighted by Gasteiger charge is 2.09. The van der Waals surface area contributed by atoms with Crippen molar-refractivity contribution in [2.24, 2.45) is 0 Å². The molecule has 0 bridgehead atoms. The van der Waals surface area contributed by atoms with E-state index in [1.807, 2.05) is 0 Å². The Morgan fingerprint density at radius 1 is 1.35 bits per heavy atom. The molecular formula is C13H10N2O5. The number of benzene rings is 1. The third kappa shape index (κ3) is 3.52. The average Bonchev–Trinajstić information content (AvgIpc) is 2.38. The van der Waals surface area contributed by atoms with Crippen molar-refractivity contribution in [3.8, 4) is 11.6 Å². The number of aromatic nitrogens is 1. The van der Waals surface area contributed by atoms with E-state index in [0.717, 1.165) is 0 Å². The highest BCUT2D eigenvalue weighted by molar-refractivity contribution is 5.70. The van der Waals surface area contributed by atoms with E-state index in [2.05, 4.69) is 4.98 Å². The summed E-state index contributed by atoms with van der Waals surface area (Å²) >= 11 is 0. The second kappa shape index (κ2) is 5.79. The Hall–Kier alpha value is -2.96. The molecule has 0 radical (unpaired) electrons. The number of carboxylic acid groups (broad SMARTS) is 1. The van der Waals surface area contributed by atoms with E-state index in [1.165, 1.54) is 18.3 Å². The zero-order chi connectivity index (χ0) is 14.5. The Morgan fingerprint density at radius 3 is 2.85 bits per heavy atom. The smallest absolute Gasteiger partial charge is 0.307 e. The fourth-order valence-electron chi connectivity index (χ4n) is 1.58. The van der Waals surface area contributed by atoms with E-state index in [1.54, 1.807) is 24.3 Å². The molecule has 102 valence electrons. The van der Waals surface area contributed by atoms with Gasteiger partial charge in [-0.25, -0.2) is 4.98 Å². The molecule has 0 aliphatic rings. The van der Waals surface area contributed by atoms with Gasteiger partial charge < -0.3 is 9.84 Å². The predicted molar refractivity (Wildman–Crippen MR) is 68.7 cm³/mol. The lowest BCUT2D eigenvalue weighted by Crippen LogP contribution is -2.00. The van der Waals surface area contributed by atoms with Gasteiger partial charge in [0.2, 0.25) is 5.88 Å². The summed E-state index contributed by atoms with van der Waals surface area (Å²) in [6, 6.07) is 8.92. The van der Waals surface area contributed by atoms with Crippen LogP contribution in [-0.2, 0) is 11.2 Å². The molecule has 1 N–H and O–H groups in total. The van der Waals surface area contributed by atoms with Gasteiger partial charge in [-0.05, 0) is 17.7 Å². The molecule has 1 aromatic carbocycles. The first-order valence-corrected chi connectivity index (χ1v) is 5.63. The number of nitro groups is 1. The standard InChI is InChI=1S/C13H10N2O5/c16-13(17)7-9-2-1-3-11(6-9)20-12-8-10(15(18)19)4-5-14-12/h1-6,8H,7H2,(H,16,17). The highest BCUT2D eigenvalue weighted by atomic mass is 16.6. The van der Waals surface area contributed by atoms with E-state index in [-0.39, 0.29) is 18.0 Å². The van der Waals surface area contributed by atoms with Gasteiger partial charge in [0.25, 0.3) is 5.69 Å². The van der Waals surface area contributed by atoms with Crippen molar-refractivity contribution in [1.82, 2.24) is 4.98 Å². The number of carboxylic acids is 1. The van der Waals surface area contributed by atoms with Gasteiger partial charge in [-0.2, -0.15) is 0 Å². The second-order valence-corrected chi connectivity index (χ2v) is 3.93. The molecule has 20 heavy (non-hydrogen) atoms. The minimum atomic E-state index is -0.948. The SMILES string of the molecule is O=C(O)Cc1cccc(Oc2cc([N+](=O)[O-])ccn2)c1. The van der Waals surface area contributed by atoms with Gasteiger partial charge in [0.05, 0.1) is 17.4 Å². The molecule has 1 aromatic heterocycles. The maximum atomic E-state index is 10.6. The topological polar surface area (TPSA) is 103 Å². The quantitative estimate of drug-likeness (QED) is 0.663. The molecular weight excluding hydrogens is 264 g/mol.